The number of likely N-dealkylation sites (tertiary alicyclic amines) is 1. The number of nitrogens with one attached hydrogen (secondary N) is 1. The Morgan fingerprint density at radius 2 is 1.83 bits per heavy atom. The Morgan fingerprint density at radius 1 is 1.06 bits per heavy atom. The fourth-order valence-electron chi connectivity index (χ4n) is 5.03. The van der Waals surface area contributed by atoms with E-state index in [4.69, 9.17) is 0 Å². The van der Waals surface area contributed by atoms with Gasteiger partial charge in [-0.2, -0.15) is 0 Å². The molecule has 0 amide bonds. The van der Waals surface area contributed by atoms with Crippen molar-refractivity contribution >= 4 is 0 Å². The molecule has 1 aliphatic carbocycles. The summed E-state index contributed by atoms with van der Waals surface area (Å²) in [5, 5.41) is 3.60. The van der Waals surface area contributed by atoms with Crippen LogP contribution in [0.25, 0.3) is 0 Å². The molecular weight excluding hydrogens is 220 g/mol. The molecule has 104 valence electrons. The van der Waals surface area contributed by atoms with Gasteiger partial charge in [-0.25, -0.2) is 0 Å². The van der Waals surface area contributed by atoms with Crippen molar-refractivity contribution in [1.29, 1.82) is 0 Å². The largest absolute Gasteiger partial charge is 0.316 e. The van der Waals surface area contributed by atoms with E-state index in [1.807, 2.05) is 0 Å². The van der Waals surface area contributed by atoms with Crippen LogP contribution in [0.4, 0.5) is 0 Å². The van der Waals surface area contributed by atoms with Crippen molar-refractivity contribution < 1.29 is 0 Å². The minimum atomic E-state index is 0.396. The second kappa shape index (κ2) is 4.21. The van der Waals surface area contributed by atoms with Crippen molar-refractivity contribution in [3.63, 3.8) is 0 Å². The van der Waals surface area contributed by atoms with E-state index in [2.05, 4.69) is 37.9 Å². The minimum Gasteiger partial charge on any atom is -0.316 e. The zero-order chi connectivity index (χ0) is 13.0. The Hall–Kier alpha value is -0.0800. The first-order valence-electron chi connectivity index (χ1n) is 7.90. The van der Waals surface area contributed by atoms with E-state index in [9.17, 15) is 0 Å². The number of hydrogen-bond donors (Lipinski definition) is 1. The number of rotatable bonds is 1. The Labute approximate surface area is 113 Å². The van der Waals surface area contributed by atoms with Gasteiger partial charge in [-0.3, -0.25) is 4.90 Å². The van der Waals surface area contributed by atoms with Gasteiger partial charge in [0.2, 0.25) is 0 Å². The van der Waals surface area contributed by atoms with Crippen LogP contribution in [-0.2, 0) is 0 Å². The first-order valence-corrected chi connectivity index (χ1v) is 7.90. The van der Waals surface area contributed by atoms with Crippen molar-refractivity contribution in [3.05, 3.63) is 0 Å². The fourth-order valence-corrected chi connectivity index (χ4v) is 5.03. The SMILES string of the molecule is CC1(C)CCCCC1N1CC2CNCC2C1(C)C. The van der Waals surface area contributed by atoms with Gasteiger partial charge in [-0.15, -0.1) is 0 Å². The van der Waals surface area contributed by atoms with Crippen LogP contribution in [0.2, 0.25) is 0 Å². The maximum atomic E-state index is 3.60. The van der Waals surface area contributed by atoms with E-state index < -0.39 is 0 Å². The maximum absolute atomic E-state index is 3.60. The van der Waals surface area contributed by atoms with E-state index in [0.717, 1.165) is 17.9 Å². The fraction of sp³-hybridized carbons (Fsp3) is 1.00. The van der Waals surface area contributed by atoms with Crippen molar-refractivity contribution in [2.75, 3.05) is 19.6 Å². The summed E-state index contributed by atoms with van der Waals surface area (Å²) < 4.78 is 0. The number of fused-ring (bicyclic) bond motifs is 1. The third kappa shape index (κ3) is 1.84. The zero-order valence-electron chi connectivity index (χ0n) is 12.6. The first kappa shape index (κ1) is 12.9. The summed E-state index contributed by atoms with van der Waals surface area (Å²) in [6, 6.07) is 0.812. The average Bonchev–Trinajstić information content (AvgIpc) is 2.82. The van der Waals surface area contributed by atoms with Gasteiger partial charge in [-0.05, 0) is 50.5 Å². The second-order valence-electron chi connectivity index (χ2n) is 8.08. The Kier molecular flexibility index (Phi) is 3.02. The average molecular weight is 250 g/mol. The summed E-state index contributed by atoms with van der Waals surface area (Å²) in [5.41, 5.74) is 0.912. The van der Waals surface area contributed by atoms with E-state index in [-0.39, 0.29) is 0 Å². The molecule has 3 unspecified atom stereocenters. The van der Waals surface area contributed by atoms with Crippen molar-refractivity contribution in [3.8, 4) is 0 Å². The predicted molar refractivity (Wildman–Crippen MR) is 76.7 cm³/mol. The van der Waals surface area contributed by atoms with Crippen LogP contribution < -0.4 is 5.32 Å². The van der Waals surface area contributed by atoms with E-state index in [0.29, 0.717) is 11.0 Å². The van der Waals surface area contributed by atoms with Gasteiger partial charge >= 0.3 is 0 Å². The molecule has 0 aromatic heterocycles. The molecule has 3 atom stereocenters. The Balaban J connectivity index is 1.84. The van der Waals surface area contributed by atoms with Crippen LogP contribution in [0.15, 0.2) is 0 Å². The highest BCUT2D eigenvalue weighted by Gasteiger charge is 2.53. The molecule has 1 N–H and O–H groups in total. The summed E-state index contributed by atoms with van der Waals surface area (Å²) in [6.45, 7) is 13.8. The zero-order valence-corrected chi connectivity index (χ0v) is 12.6. The highest BCUT2D eigenvalue weighted by Crippen LogP contribution is 2.48. The van der Waals surface area contributed by atoms with Crippen molar-refractivity contribution in [2.24, 2.45) is 17.3 Å². The third-order valence-electron chi connectivity index (χ3n) is 6.25. The normalized spacial score (nSPS) is 43.0. The van der Waals surface area contributed by atoms with Crippen LogP contribution in [-0.4, -0.2) is 36.1 Å². The highest BCUT2D eigenvalue weighted by atomic mass is 15.3. The molecule has 0 bridgehead atoms. The molecule has 0 radical (unpaired) electrons. The van der Waals surface area contributed by atoms with Gasteiger partial charge in [0, 0.05) is 24.7 Å². The van der Waals surface area contributed by atoms with E-state index >= 15 is 0 Å². The monoisotopic (exact) mass is 250 g/mol. The lowest BCUT2D eigenvalue weighted by Gasteiger charge is -2.50. The topological polar surface area (TPSA) is 15.3 Å². The summed E-state index contributed by atoms with van der Waals surface area (Å²) in [7, 11) is 0. The highest BCUT2D eigenvalue weighted by molar-refractivity contribution is 5.08. The van der Waals surface area contributed by atoms with Gasteiger partial charge in [0.05, 0.1) is 0 Å². The Bertz CT molecular complexity index is 321. The van der Waals surface area contributed by atoms with Crippen LogP contribution >= 0.6 is 0 Å². The third-order valence-corrected chi connectivity index (χ3v) is 6.25. The molecule has 2 heteroatoms. The summed E-state index contributed by atoms with van der Waals surface area (Å²) >= 11 is 0. The minimum absolute atomic E-state index is 0.396. The Morgan fingerprint density at radius 3 is 2.50 bits per heavy atom. The lowest BCUT2D eigenvalue weighted by atomic mass is 9.71. The molecule has 0 aromatic rings. The van der Waals surface area contributed by atoms with E-state index in [1.165, 1.54) is 45.3 Å². The smallest absolute Gasteiger partial charge is 0.0200 e. The van der Waals surface area contributed by atoms with E-state index in [1.54, 1.807) is 0 Å². The van der Waals surface area contributed by atoms with Gasteiger partial charge < -0.3 is 5.32 Å². The van der Waals surface area contributed by atoms with Crippen molar-refractivity contribution in [1.82, 2.24) is 10.2 Å². The molecule has 2 heterocycles. The van der Waals surface area contributed by atoms with Gasteiger partial charge in [0.25, 0.3) is 0 Å². The molecule has 1 saturated carbocycles. The van der Waals surface area contributed by atoms with Crippen LogP contribution in [0.5, 0.6) is 0 Å². The molecule has 18 heavy (non-hydrogen) atoms. The van der Waals surface area contributed by atoms with Crippen LogP contribution in [0.3, 0.4) is 0 Å². The van der Waals surface area contributed by atoms with Crippen LogP contribution in [0.1, 0.15) is 53.4 Å². The number of hydrogen-bond acceptors (Lipinski definition) is 2. The van der Waals surface area contributed by atoms with Gasteiger partial charge in [-0.1, -0.05) is 26.7 Å². The van der Waals surface area contributed by atoms with Gasteiger partial charge in [0.1, 0.15) is 0 Å². The predicted octanol–water partition coefficient (Wildman–Crippen LogP) is 2.89. The molecule has 3 fully saturated rings. The standard InChI is InChI=1S/C16H30N2/c1-15(2)8-6-5-7-14(15)18-11-12-9-17-10-13(12)16(18,3)4/h12-14,17H,5-11H2,1-4H3. The summed E-state index contributed by atoms with van der Waals surface area (Å²) in [6.07, 6.45) is 5.71. The lowest BCUT2D eigenvalue weighted by Crippen LogP contribution is -2.55. The van der Waals surface area contributed by atoms with Gasteiger partial charge in [0.15, 0.2) is 0 Å². The molecular formula is C16H30N2. The molecule has 3 aliphatic rings. The molecule has 2 aliphatic heterocycles. The van der Waals surface area contributed by atoms with Crippen LogP contribution in [0, 0.1) is 17.3 Å². The molecule has 3 rings (SSSR count). The second-order valence-corrected chi connectivity index (χ2v) is 8.08. The van der Waals surface area contributed by atoms with Crippen molar-refractivity contribution in [2.45, 2.75) is 65.0 Å². The quantitative estimate of drug-likeness (QED) is 0.770. The molecule has 2 saturated heterocycles. The summed E-state index contributed by atoms with van der Waals surface area (Å²) in [5.74, 6) is 1.77. The summed E-state index contributed by atoms with van der Waals surface area (Å²) in [4.78, 5) is 2.89. The lowest BCUT2D eigenvalue weighted by molar-refractivity contribution is -0.00255. The molecule has 0 aromatic carbocycles. The molecule has 2 nitrogen and oxygen atoms in total. The molecule has 0 spiro atoms. The maximum Gasteiger partial charge on any atom is 0.0200 e. The first-order chi connectivity index (χ1) is 8.43. The number of nitrogens with zero attached hydrogens (tertiary/aromatic N) is 1.